The summed E-state index contributed by atoms with van der Waals surface area (Å²) < 4.78 is 60.6. The summed E-state index contributed by atoms with van der Waals surface area (Å²) in [6, 6.07) is 17.9. The molecule has 2 atom stereocenters. The fourth-order valence-electron chi connectivity index (χ4n) is 4.65. The van der Waals surface area contributed by atoms with Crippen LogP contribution in [0.5, 0.6) is 11.5 Å². The van der Waals surface area contributed by atoms with Gasteiger partial charge >= 0.3 is 0 Å². The molecule has 3 aromatic carbocycles. The summed E-state index contributed by atoms with van der Waals surface area (Å²) >= 11 is 0. The van der Waals surface area contributed by atoms with Crippen LogP contribution in [-0.2, 0) is 4.74 Å². The van der Waals surface area contributed by atoms with Crippen LogP contribution in [0.2, 0.25) is 0 Å². The lowest BCUT2D eigenvalue weighted by molar-refractivity contribution is 0.0000464. The molecule has 0 bridgehead atoms. The lowest BCUT2D eigenvalue weighted by atomic mass is 9.88. The molecule has 1 aliphatic heterocycles. The van der Waals surface area contributed by atoms with E-state index in [4.69, 9.17) is 14.2 Å². The van der Waals surface area contributed by atoms with E-state index in [9.17, 15) is 8.78 Å². The van der Waals surface area contributed by atoms with Crippen LogP contribution in [0.15, 0.2) is 60.7 Å². The summed E-state index contributed by atoms with van der Waals surface area (Å²) in [7, 11) is 0. The Morgan fingerprint density at radius 3 is 2.19 bits per heavy atom. The van der Waals surface area contributed by atoms with Crippen molar-refractivity contribution in [2.75, 3.05) is 19.8 Å². The molecule has 0 saturated carbocycles. The van der Waals surface area contributed by atoms with Gasteiger partial charge in [0.2, 0.25) is 0 Å². The molecule has 2 unspecified atom stereocenters. The Morgan fingerprint density at radius 1 is 0.889 bits per heavy atom. The average molecular weight is 499 g/mol. The maximum absolute atomic E-state index is 15.4. The molecule has 3 aromatic rings. The number of halogens is 3. The first-order chi connectivity index (χ1) is 17.5. The van der Waals surface area contributed by atoms with E-state index in [1.54, 1.807) is 36.4 Å². The minimum atomic E-state index is -2.94. The second kappa shape index (κ2) is 12.3. The van der Waals surface area contributed by atoms with Gasteiger partial charge in [0.1, 0.15) is 17.3 Å². The third kappa shape index (κ3) is 6.04. The molecule has 6 heteroatoms. The number of alkyl halides is 2. The van der Waals surface area contributed by atoms with Crippen molar-refractivity contribution in [1.82, 2.24) is 0 Å². The van der Waals surface area contributed by atoms with E-state index < -0.39 is 23.9 Å². The average Bonchev–Trinajstić information content (AvgIpc) is 2.90. The largest absolute Gasteiger partial charge is 0.494 e. The van der Waals surface area contributed by atoms with Crippen molar-refractivity contribution in [1.29, 1.82) is 0 Å². The maximum Gasteiger partial charge on any atom is 0.267 e. The van der Waals surface area contributed by atoms with Crippen LogP contribution in [0.1, 0.15) is 74.7 Å². The number of unbranched alkanes of at least 4 members (excludes halogenated alkanes) is 1. The van der Waals surface area contributed by atoms with Crippen LogP contribution in [0, 0.1) is 5.82 Å². The number of benzene rings is 3. The van der Waals surface area contributed by atoms with Gasteiger partial charge in [0.25, 0.3) is 6.43 Å². The van der Waals surface area contributed by atoms with Crippen LogP contribution in [0.4, 0.5) is 13.2 Å². The second-order valence-corrected chi connectivity index (χ2v) is 9.06. The van der Waals surface area contributed by atoms with Crippen LogP contribution < -0.4 is 9.47 Å². The quantitative estimate of drug-likeness (QED) is 0.262. The number of hydrogen-bond acceptors (Lipinski definition) is 3. The predicted molar refractivity (Wildman–Crippen MR) is 135 cm³/mol. The van der Waals surface area contributed by atoms with Crippen LogP contribution in [-0.4, -0.2) is 19.8 Å². The zero-order valence-corrected chi connectivity index (χ0v) is 20.8. The van der Waals surface area contributed by atoms with Gasteiger partial charge in [-0.2, -0.15) is 0 Å². The van der Waals surface area contributed by atoms with Crippen molar-refractivity contribution >= 4 is 0 Å². The smallest absolute Gasteiger partial charge is 0.267 e. The molecule has 0 aliphatic carbocycles. The van der Waals surface area contributed by atoms with Gasteiger partial charge in [-0.15, -0.1) is 0 Å². The van der Waals surface area contributed by atoms with Crippen molar-refractivity contribution < 1.29 is 27.4 Å². The number of rotatable bonds is 10. The molecule has 3 nitrogen and oxygen atoms in total. The fraction of sp³-hybridized carbons (Fsp3) is 0.400. The highest BCUT2D eigenvalue weighted by Gasteiger charge is 2.30. The Hall–Kier alpha value is -2.99. The molecule has 0 N–H and O–H groups in total. The van der Waals surface area contributed by atoms with E-state index in [0.29, 0.717) is 37.6 Å². The van der Waals surface area contributed by atoms with Crippen LogP contribution in [0.3, 0.4) is 0 Å². The molecule has 0 radical (unpaired) electrons. The topological polar surface area (TPSA) is 27.7 Å². The summed E-state index contributed by atoms with van der Waals surface area (Å²) in [5.74, 6) is 0.775. The Bertz CT molecular complexity index is 1110. The molecular formula is C30H33F3O3. The first-order valence-electron chi connectivity index (χ1n) is 12.7. The van der Waals surface area contributed by atoms with E-state index in [1.807, 2.05) is 31.2 Å². The van der Waals surface area contributed by atoms with Crippen molar-refractivity contribution in [2.24, 2.45) is 0 Å². The van der Waals surface area contributed by atoms with Gasteiger partial charge in [-0.25, -0.2) is 13.2 Å². The first kappa shape index (κ1) is 26.1. The summed E-state index contributed by atoms with van der Waals surface area (Å²) in [5, 5.41) is 0. The highest BCUT2D eigenvalue weighted by atomic mass is 19.3. The lowest BCUT2D eigenvalue weighted by Crippen LogP contribution is -2.20. The minimum absolute atomic E-state index is 0.173. The molecule has 192 valence electrons. The molecular weight excluding hydrogens is 465 g/mol. The summed E-state index contributed by atoms with van der Waals surface area (Å²) in [6.07, 6.45) is -0.0511. The zero-order valence-electron chi connectivity index (χ0n) is 20.8. The normalized spacial score (nSPS) is 17.8. The van der Waals surface area contributed by atoms with E-state index in [-0.39, 0.29) is 17.0 Å². The molecule has 0 amide bonds. The van der Waals surface area contributed by atoms with Crippen molar-refractivity contribution in [3.63, 3.8) is 0 Å². The van der Waals surface area contributed by atoms with Crippen LogP contribution in [0.25, 0.3) is 11.1 Å². The van der Waals surface area contributed by atoms with Gasteiger partial charge in [0.15, 0.2) is 0 Å². The maximum atomic E-state index is 15.4. The Balaban J connectivity index is 1.46. The van der Waals surface area contributed by atoms with Gasteiger partial charge in [0.05, 0.1) is 31.5 Å². The summed E-state index contributed by atoms with van der Waals surface area (Å²) in [6.45, 7) is 5.61. The van der Waals surface area contributed by atoms with Gasteiger partial charge in [-0.1, -0.05) is 49.7 Å². The lowest BCUT2D eigenvalue weighted by Gasteiger charge is -2.30. The Labute approximate surface area is 211 Å². The van der Waals surface area contributed by atoms with Crippen molar-refractivity contribution in [3.05, 3.63) is 83.2 Å². The van der Waals surface area contributed by atoms with E-state index in [0.717, 1.165) is 30.6 Å². The van der Waals surface area contributed by atoms with E-state index >= 15 is 4.39 Å². The summed E-state index contributed by atoms with van der Waals surface area (Å²) in [5.41, 5.74) is 1.45. The standard InChI is InChI=1S/C30H33F3O3/c1-3-5-18-35-24-11-6-20(7-12-24)22-10-17-27(36-19-22)26-16-15-25(28(29(26)31)30(32)33)21-8-13-23(14-9-21)34-4-2/h6-9,11-16,22,27,30H,3-5,10,17-19H2,1-2H3. The zero-order chi connectivity index (χ0) is 25.5. The highest BCUT2D eigenvalue weighted by Crippen LogP contribution is 2.41. The van der Waals surface area contributed by atoms with E-state index in [1.165, 1.54) is 0 Å². The first-order valence-corrected chi connectivity index (χ1v) is 12.7. The number of hydrogen-bond donors (Lipinski definition) is 0. The third-order valence-corrected chi connectivity index (χ3v) is 6.65. The number of ether oxygens (including phenoxy) is 3. The second-order valence-electron chi connectivity index (χ2n) is 9.06. The molecule has 1 heterocycles. The minimum Gasteiger partial charge on any atom is -0.494 e. The van der Waals surface area contributed by atoms with Gasteiger partial charge in [-0.3, -0.25) is 0 Å². The molecule has 1 fully saturated rings. The SMILES string of the molecule is CCCCOc1ccc(C2CCC(c3ccc(-c4ccc(OCC)cc4)c(C(F)F)c3F)OC2)cc1. The van der Waals surface area contributed by atoms with Crippen molar-refractivity contribution in [2.45, 2.75) is 58.0 Å². The van der Waals surface area contributed by atoms with E-state index in [2.05, 4.69) is 6.92 Å². The molecule has 1 saturated heterocycles. The van der Waals surface area contributed by atoms with Crippen molar-refractivity contribution in [3.8, 4) is 22.6 Å². The Kier molecular flexibility index (Phi) is 8.92. The molecule has 0 aromatic heterocycles. The summed E-state index contributed by atoms with van der Waals surface area (Å²) in [4.78, 5) is 0. The molecule has 1 aliphatic rings. The predicted octanol–water partition coefficient (Wildman–Crippen LogP) is 8.64. The Morgan fingerprint density at radius 2 is 1.58 bits per heavy atom. The molecule has 0 spiro atoms. The van der Waals surface area contributed by atoms with Gasteiger partial charge < -0.3 is 14.2 Å². The van der Waals surface area contributed by atoms with Gasteiger partial charge in [0, 0.05) is 11.5 Å². The third-order valence-electron chi connectivity index (χ3n) is 6.65. The fourth-order valence-corrected chi connectivity index (χ4v) is 4.65. The molecule has 36 heavy (non-hydrogen) atoms. The highest BCUT2D eigenvalue weighted by molar-refractivity contribution is 5.69. The van der Waals surface area contributed by atoms with Crippen LogP contribution >= 0.6 is 0 Å². The van der Waals surface area contributed by atoms with Gasteiger partial charge in [-0.05, 0) is 67.1 Å². The monoisotopic (exact) mass is 498 g/mol. The molecule has 4 rings (SSSR count).